The number of aromatic nitrogens is 3. The minimum Gasteiger partial charge on any atom is -0.334 e. The third-order valence-electron chi connectivity index (χ3n) is 5.43. The molecule has 4 rings (SSSR count). The number of fused-ring (bicyclic) bond motifs is 1. The normalized spacial score (nSPS) is 17.6. The first-order chi connectivity index (χ1) is 13.5. The molecule has 28 heavy (non-hydrogen) atoms. The Hall–Kier alpha value is -3.15. The molecule has 6 nitrogen and oxygen atoms in total. The third kappa shape index (κ3) is 3.76. The number of pyridine rings is 1. The summed E-state index contributed by atoms with van der Waals surface area (Å²) in [5, 5.41) is 10.3. The van der Waals surface area contributed by atoms with Gasteiger partial charge >= 0.3 is 6.03 Å². The predicted octanol–water partition coefficient (Wildman–Crippen LogP) is 3.88. The van der Waals surface area contributed by atoms with Crippen LogP contribution in [0.25, 0.3) is 5.82 Å². The lowest BCUT2D eigenvalue weighted by Crippen LogP contribution is -2.40. The lowest BCUT2D eigenvalue weighted by atomic mass is 9.71. The van der Waals surface area contributed by atoms with E-state index in [1.807, 2.05) is 30.5 Å². The monoisotopic (exact) mass is 375 g/mol. The van der Waals surface area contributed by atoms with Crippen molar-refractivity contribution in [1.29, 1.82) is 0 Å². The van der Waals surface area contributed by atoms with Crippen molar-refractivity contribution >= 4 is 6.03 Å². The summed E-state index contributed by atoms with van der Waals surface area (Å²) in [5.74, 6) is 0.730. The van der Waals surface area contributed by atoms with Gasteiger partial charge in [0.05, 0.1) is 6.04 Å². The van der Waals surface area contributed by atoms with E-state index in [4.69, 9.17) is 0 Å². The molecule has 0 saturated carbocycles. The van der Waals surface area contributed by atoms with E-state index in [2.05, 4.69) is 52.8 Å². The lowest BCUT2D eigenvalue weighted by Gasteiger charge is -2.37. The average molecular weight is 375 g/mol. The molecule has 0 radical (unpaired) electrons. The Balaban J connectivity index is 1.40. The molecule has 1 aromatic carbocycles. The number of nitrogens with zero attached hydrogens (tertiary/aromatic N) is 3. The van der Waals surface area contributed by atoms with Crippen LogP contribution in [0.4, 0.5) is 4.79 Å². The van der Waals surface area contributed by atoms with E-state index in [1.54, 1.807) is 17.1 Å². The Morgan fingerprint density at radius 3 is 2.89 bits per heavy atom. The molecule has 144 valence electrons. The molecular formula is C22H25N5O. The van der Waals surface area contributed by atoms with Gasteiger partial charge in [-0.1, -0.05) is 38.1 Å². The first-order valence-corrected chi connectivity index (χ1v) is 9.62. The Morgan fingerprint density at radius 2 is 2.07 bits per heavy atom. The molecule has 2 amide bonds. The van der Waals surface area contributed by atoms with Gasteiger partial charge in [-0.25, -0.2) is 14.5 Å². The Kier molecular flexibility index (Phi) is 4.86. The van der Waals surface area contributed by atoms with Crippen LogP contribution in [-0.2, 0) is 12.0 Å². The fourth-order valence-corrected chi connectivity index (χ4v) is 3.85. The molecule has 6 heteroatoms. The molecule has 1 atom stereocenters. The van der Waals surface area contributed by atoms with Crippen molar-refractivity contribution in [2.45, 2.75) is 44.7 Å². The summed E-state index contributed by atoms with van der Waals surface area (Å²) >= 11 is 0. The molecule has 1 unspecified atom stereocenters. The van der Waals surface area contributed by atoms with Gasteiger partial charge in [0.1, 0.15) is 0 Å². The average Bonchev–Trinajstić information content (AvgIpc) is 3.24. The number of hydrogen-bond donors (Lipinski definition) is 2. The van der Waals surface area contributed by atoms with Crippen molar-refractivity contribution in [3.63, 3.8) is 0 Å². The molecule has 2 heterocycles. The lowest BCUT2D eigenvalue weighted by molar-refractivity contribution is 0.233. The molecule has 1 aliphatic carbocycles. The second-order valence-corrected chi connectivity index (χ2v) is 7.86. The van der Waals surface area contributed by atoms with Crippen molar-refractivity contribution < 1.29 is 4.79 Å². The number of benzene rings is 1. The third-order valence-corrected chi connectivity index (χ3v) is 5.43. The highest BCUT2D eigenvalue weighted by Crippen LogP contribution is 2.41. The van der Waals surface area contributed by atoms with Gasteiger partial charge in [-0.2, -0.15) is 5.10 Å². The minimum atomic E-state index is -0.156. The standard InChI is InChI=1S/C22H25N5O/c1-22(2)10-8-19(17-6-3-4-7-18(17)22)26-21(28)24-15-16-9-12-23-20(14-16)27-13-5-11-25-27/h3-7,9,11-14,19H,8,10,15H2,1-2H3,(H2,24,26,28). The largest absolute Gasteiger partial charge is 0.334 e. The van der Waals surface area contributed by atoms with Crippen LogP contribution in [0.15, 0.2) is 61.1 Å². The summed E-state index contributed by atoms with van der Waals surface area (Å²) in [6.45, 7) is 4.97. The van der Waals surface area contributed by atoms with Crippen LogP contribution < -0.4 is 10.6 Å². The summed E-state index contributed by atoms with van der Waals surface area (Å²) in [5.41, 5.74) is 3.66. The smallest absolute Gasteiger partial charge is 0.315 e. The minimum absolute atomic E-state index is 0.0429. The number of carbonyl (C=O) groups is 1. The van der Waals surface area contributed by atoms with Crippen LogP contribution in [0.2, 0.25) is 0 Å². The van der Waals surface area contributed by atoms with E-state index in [9.17, 15) is 4.79 Å². The van der Waals surface area contributed by atoms with Crippen LogP contribution in [0, 0.1) is 0 Å². The van der Waals surface area contributed by atoms with Crippen LogP contribution in [0.3, 0.4) is 0 Å². The van der Waals surface area contributed by atoms with E-state index in [0.29, 0.717) is 6.54 Å². The van der Waals surface area contributed by atoms with Crippen molar-refractivity contribution in [3.8, 4) is 5.82 Å². The Labute approximate surface area is 165 Å². The molecule has 2 aromatic heterocycles. The van der Waals surface area contributed by atoms with Crippen LogP contribution in [0.1, 0.15) is 49.4 Å². The zero-order valence-corrected chi connectivity index (χ0v) is 16.2. The maximum absolute atomic E-state index is 12.5. The van der Waals surface area contributed by atoms with Gasteiger partial charge in [-0.15, -0.1) is 0 Å². The molecule has 0 fully saturated rings. The predicted molar refractivity (Wildman–Crippen MR) is 108 cm³/mol. The van der Waals surface area contributed by atoms with Gasteiger partial charge in [0.2, 0.25) is 0 Å². The number of urea groups is 1. The fourth-order valence-electron chi connectivity index (χ4n) is 3.85. The Bertz CT molecular complexity index is 965. The first-order valence-electron chi connectivity index (χ1n) is 9.62. The van der Waals surface area contributed by atoms with Gasteiger partial charge in [0.15, 0.2) is 5.82 Å². The summed E-state index contributed by atoms with van der Waals surface area (Å²) < 4.78 is 1.70. The van der Waals surface area contributed by atoms with E-state index < -0.39 is 0 Å². The van der Waals surface area contributed by atoms with E-state index >= 15 is 0 Å². The van der Waals surface area contributed by atoms with E-state index in [-0.39, 0.29) is 17.5 Å². The molecule has 0 saturated heterocycles. The number of carbonyl (C=O) groups excluding carboxylic acids is 1. The van der Waals surface area contributed by atoms with Crippen LogP contribution >= 0.6 is 0 Å². The zero-order valence-electron chi connectivity index (χ0n) is 16.2. The topological polar surface area (TPSA) is 71.8 Å². The highest BCUT2D eigenvalue weighted by Gasteiger charge is 2.32. The molecule has 2 N–H and O–H groups in total. The fraction of sp³-hybridized carbons (Fsp3) is 0.318. The Morgan fingerprint density at radius 1 is 1.21 bits per heavy atom. The van der Waals surface area contributed by atoms with Gasteiger partial charge in [-0.3, -0.25) is 0 Å². The molecular weight excluding hydrogens is 350 g/mol. The maximum atomic E-state index is 12.5. The molecule has 3 aromatic rings. The second kappa shape index (κ2) is 7.46. The number of hydrogen-bond acceptors (Lipinski definition) is 3. The number of nitrogens with one attached hydrogen (secondary N) is 2. The van der Waals surface area contributed by atoms with Gasteiger partial charge in [0.25, 0.3) is 0 Å². The van der Waals surface area contributed by atoms with Crippen molar-refractivity contribution in [2.75, 3.05) is 0 Å². The number of amides is 2. The quantitative estimate of drug-likeness (QED) is 0.727. The molecule has 0 spiro atoms. The summed E-state index contributed by atoms with van der Waals surface area (Å²) in [6.07, 6.45) is 7.27. The SMILES string of the molecule is CC1(C)CCC(NC(=O)NCc2ccnc(-n3cccn3)c2)c2ccccc21. The highest BCUT2D eigenvalue weighted by atomic mass is 16.2. The second-order valence-electron chi connectivity index (χ2n) is 7.86. The molecule has 1 aliphatic rings. The van der Waals surface area contributed by atoms with Crippen molar-refractivity contribution in [1.82, 2.24) is 25.4 Å². The summed E-state index contributed by atoms with van der Waals surface area (Å²) in [6, 6.07) is 14.0. The number of rotatable bonds is 4. The van der Waals surface area contributed by atoms with Crippen molar-refractivity contribution in [3.05, 3.63) is 77.7 Å². The van der Waals surface area contributed by atoms with E-state index in [1.165, 1.54) is 11.1 Å². The van der Waals surface area contributed by atoms with Crippen molar-refractivity contribution in [2.24, 2.45) is 0 Å². The van der Waals surface area contributed by atoms with Gasteiger partial charge in [-0.05, 0) is 53.1 Å². The highest BCUT2D eigenvalue weighted by molar-refractivity contribution is 5.74. The van der Waals surface area contributed by atoms with Gasteiger partial charge in [0, 0.05) is 25.1 Å². The maximum Gasteiger partial charge on any atom is 0.315 e. The zero-order chi connectivity index (χ0) is 19.6. The molecule has 0 aliphatic heterocycles. The van der Waals surface area contributed by atoms with Crippen LogP contribution in [-0.4, -0.2) is 20.8 Å². The molecule has 0 bridgehead atoms. The van der Waals surface area contributed by atoms with Gasteiger partial charge < -0.3 is 10.6 Å². The van der Waals surface area contributed by atoms with E-state index in [0.717, 1.165) is 24.2 Å². The summed E-state index contributed by atoms with van der Waals surface area (Å²) in [7, 11) is 0. The summed E-state index contributed by atoms with van der Waals surface area (Å²) in [4.78, 5) is 16.8. The first kappa shape index (κ1) is 18.2. The van der Waals surface area contributed by atoms with Crippen LogP contribution in [0.5, 0.6) is 0 Å².